The van der Waals surface area contributed by atoms with E-state index in [0.29, 0.717) is 0 Å². The van der Waals surface area contributed by atoms with Crippen LogP contribution in [0.25, 0.3) is 0 Å². The number of hydrogen-bond donors (Lipinski definition) is 0. The predicted molar refractivity (Wildman–Crippen MR) is 126 cm³/mol. The summed E-state index contributed by atoms with van der Waals surface area (Å²) < 4.78 is 44.8. The Labute approximate surface area is 184 Å². The molecule has 0 radical (unpaired) electrons. The molecule has 0 aliphatic heterocycles. The van der Waals surface area contributed by atoms with Crippen LogP contribution in [0, 0.1) is 0 Å². The van der Waals surface area contributed by atoms with Gasteiger partial charge >= 0.3 is 185 Å². The molecule has 0 spiro atoms. The molecule has 0 aromatic rings. The summed E-state index contributed by atoms with van der Waals surface area (Å²) >= 11 is -2.97. The number of unbranched alkanes of at least 4 members (excludes halogenated alkanes) is 10. The number of allylic oxidation sites excluding steroid dienone is 2. The number of halogens is 3. The van der Waals surface area contributed by atoms with Crippen LogP contribution >= 0.6 is 0 Å². The first-order chi connectivity index (χ1) is 13.8. The molecule has 0 aliphatic rings. The van der Waals surface area contributed by atoms with Crippen molar-refractivity contribution in [3.63, 3.8) is 0 Å². The van der Waals surface area contributed by atoms with E-state index in [2.05, 4.69) is 27.7 Å². The fourth-order valence-electron chi connectivity index (χ4n) is 4.54. The van der Waals surface area contributed by atoms with Crippen LogP contribution in [0.4, 0.5) is 13.2 Å². The molecule has 0 rings (SSSR count). The van der Waals surface area contributed by atoms with E-state index in [4.69, 9.17) is 0 Å². The van der Waals surface area contributed by atoms with Gasteiger partial charge in [-0.15, -0.1) is 0 Å². The molecule has 0 amide bonds. The van der Waals surface area contributed by atoms with Crippen LogP contribution < -0.4 is 0 Å². The minimum absolute atomic E-state index is 0.724. The van der Waals surface area contributed by atoms with Crippen molar-refractivity contribution in [2.45, 2.75) is 143 Å². The van der Waals surface area contributed by atoms with Gasteiger partial charge in [0.1, 0.15) is 0 Å². The zero-order chi connectivity index (χ0) is 22.0. The SMILES string of the molecule is CCCCCCCCCC/[C](=C\C(F)(F)F)[Sn]([CH2]CCC)([CH2]CCC)[CH2]CCC. The molecule has 0 nitrogen and oxygen atoms in total. The van der Waals surface area contributed by atoms with E-state index in [9.17, 15) is 13.2 Å². The molecule has 0 aromatic carbocycles. The van der Waals surface area contributed by atoms with E-state index in [0.717, 1.165) is 80.8 Å². The molecule has 29 heavy (non-hydrogen) atoms. The standard InChI is InChI=1S/C13H22F3.3C4H9.Sn/c1-2-3-4-5-6-7-8-9-10-11-12-13(14,15)16;3*1-3-4-2;/h12H,2-10H2,1H3;3*1,3-4H2,2H3;. The average molecular weight is 525 g/mol. The van der Waals surface area contributed by atoms with Gasteiger partial charge in [-0.1, -0.05) is 0 Å². The van der Waals surface area contributed by atoms with Crippen LogP contribution in [0.3, 0.4) is 0 Å². The van der Waals surface area contributed by atoms with Gasteiger partial charge in [0.15, 0.2) is 0 Å². The molecule has 174 valence electrons. The molecule has 0 fully saturated rings. The molecule has 0 bridgehead atoms. The van der Waals surface area contributed by atoms with Crippen molar-refractivity contribution < 1.29 is 13.2 Å². The number of hydrogen-bond acceptors (Lipinski definition) is 0. The third-order valence-corrected chi connectivity index (χ3v) is 22.6. The molecule has 0 heterocycles. The average Bonchev–Trinajstić information content (AvgIpc) is 2.68. The van der Waals surface area contributed by atoms with Crippen molar-refractivity contribution in [3.8, 4) is 0 Å². The van der Waals surface area contributed by atoms with Gasteiger partial charge in [0, 0.05) is 0 Å². The molecule has 0 unspecified atom stereocenters. The summed E-state index contributed by atoms with van der Waals surface area (Å²) in [6.07, 6.45) is 13.7. The van der Waals surface area contributed by atoms with Gasteiger partial charge in [-0.05, 0) is 0 Å². The maximum absolute atomic E-state index is 13.5. The van der Waals surface area contributed by atoms with Gasteiger partial charge in [0.25, 0.3) is 0 Å². The van der Waals surface area contributed by atoms with Crippen LogP contribution in [0.15, 0.2) is 9.67 Å². The Morgan fingerprint density at radius 1 is 0.586 bits per heavy atom. The quantitative estimate of drug-likeness (QED) is 0.116. The Morgan fingerprint density at radius 2 is 0.966 bits per heavy atom. The van der Waals surface area contributed by atoms with Gasteiger partial charge in [-0.3, -0.25) is 0 Å². The van der Waals surface area contributed by atoms with Gasteiger partial charge in [-0.25, -0.2) is 0 Å². The van der Waals surface area contributed by atoms with Crippen molar-refractivity contribution >= 4 is 18.4 Å². The zero-order valence-electron chi connectivity index (χ0n) is 19.9. The summed E-state index contributed by atoms with van der Waals surface area (Å²) in [4.78, 5) is 0. The minimum atomic E-state index is -4.15. The molecule has 0 saturated heterocycles. The number of rotatable bonds is 19. The first-order valence-corrected chi connectivity index (χ1v) is 20.1. The van der Waals surface area contributed by atoms with E-state index in [1.54, 1.807) is 0 Å². The molecule has 4 heteroatoms. The number of alkyl halides is 3. The van der Waals surface area contributed by atoms with Crippen molar-refractivity contribution in [1.82, 2.24) is 0 Å². The van der Waals surface area contributed by atoms with Crippen LogP contribution in [0.5, 0.6) is 0 Å². The summed E-state index contributed by atoms with van der Waals surface area (Å²) in [5.41, 5.74) is 0. The van der Waals surface area contributed by atoms with Crippen molar-refractivity contribution in [3.05, 3.63) is 9.67 Å². The molecular formula is C25H49F3Sn. The molecule has 0 saturated carbocycles. The van der Waals surface area contributed by atoms with Crippen LogP contribution in [0.2, 0.25) is 13.3 Å². The van der Waals surface area contributed by atoms with Crippen LogP contribution in [-0.4, -0.2) is 24.6 Å². The second-order valence-electron chi connectivity index (χ2n) is 9.03. The second kappa shape index (κ2) is 18.0. The van der Waals surface area contributed by atoms with Gasteiger partial charge in [0.2, 0.25) is 0 Å². The monoisotopic (exact) mass is 526 g/mol. The fourth-order valence-corrected chi connectivity index (χ4v) is 21.6. The summed E-state index contributed by atoms with van der Waals surface area (Å²) in [7, 11) is 0. The van der Waals surface area contributed by atoms with E-state index < -0.39 is 24.6 Å². The Kier molecular flexibility index (Phi) is 18.2. The molecule has 0 aliphatic carbocycles. The van der Waals surface area contributed by atoms with E-state index in [-0.39, 0.29) is 0 Å². The summed E-state index contributed by atoms with van der Waals surface area (Å²) in [5, 5.41) is 0. The van der Waals surface area contributed by atoms with Crippen molar-refractivity contribution in [1.29, 1.82) is 0 Å². The predicted octanol–water partition coefficient (Wildman–Crippen LogP) is 10.4. The molecule has 0 N–H and O–H groups in total. The van der Waals surface area contributed by atoms with Gasteiger partial charge in [0.05, 0.1) is 0 Å². The Hall–Kier alpha value is 0.329. The molecule has 0 aromatic heterocycles. The van der Waals surface area contributed by atoms with E-state index >= 15 is 0 Å². The molecular weight excluding hydrogens is 476 g/mol. The van der Waals surface area contributed by atoms with Crippen LogP contribution in [0.1, 0.15) is 124 Å². The second-order valence-corrected chi connectivity index (χ2v) is 22.4. The summed E-state index contributed by atoms with van der Waals surface area (Å²) in [6, 6.07) is 0. The Bertz CT molecular complexity index is 380. The topological polar surface area (TPSA) is 0 Å². The van der Waals surface area contributed by atoms with E-state index in [1.807, 2.05) is 0 Å². The molecule has 0 atom stereocenters. The van der Waals surface area contributed by atoms with Crippen molar-refractivity contribution in [2.24, 2.45) is 0 Å². The third kappa shape index (κ3) is 14.9. The summed E-state index contributed by atoms with van der Waals surface area (Å²) in [5.74, 6) is 0. The van der Waals surface area contributed by atoms with Crippen LogP contribution in [-0.2, 0) is 0 Å². The van der Waals surface area contributed by atoms with Crippen molar-refractivity contribution in [2.75, 3.05) is 0 Å². The van der Waals surface area contributed by atoms with Gasteiger partial charge in [-0.2, -0.15) is 0 Å². The fraction of sp³-hybridized carbons (Fsp3) is 0.920. The Morgan fingerprint density at radius 3 is 1.34 bits per heavy atom. The first kappa shape index (κ1) is 29.3. The normalized spacial score (nSPS) is 13.3. The Balaban J connectivity index is 5.19. The maximum atomic E-state index is 13.5. The first-order valence-electron chi connectivity index (χ1n) is 12.6. The van der Waals surface area contributed by atoms with E-state index in [1.165, 1.54) is 38.5 Å². The zero-order valence-corrected chi connectivity index (χ0v) is 22.8. The van der Waals surface area contributed by atoms with Gasteiger partial charge < -0.3 is 0 Å². The summed E-state index contributed by atoms with van der Waals surface area (Å²) in [6.45, 7) is 8.77. The third-order valence-electron chi connectivity index (χ3n) is 6.35.